The molecule has 0 aromatic heterocycles. The van der Waals surface area contributed by atoms with E-state index in [4.69, 9.17) is 0 Å². The van der Waals surface area contributed by atoms with Crippen molar-refractivity contribution in [3.8, 4) is 0 Å². The van der Waals surface area contributed by atoms with E-state index in [0.29, 0.717) is 16.8 Å². The Hall–Kier alpha value is -2.62. The summed E-state index contributed by atoms with van der Waals surface area (Å²) in [5.41, 5.74) is 0.642. The van der Waals surface area contributed by atoms with E-state index in [1.165, 1.54) is 0 Å². The van der Waals surface area contributed by atoms with Crippen LogP contribution in [0.1, 0.15) is 27.6 Å². The molecule has 3 rings (SSSR count). The van der Waals surface area contributed by atoms with E-state index in [2.05, 4.69) is 10.6 Å². The van der Waals surface area contributed by atoms with Crippen LogP contribution < -0.4 is 10.6 Å². The van der Waals surface area contributed by atoms with Crippen LogP contribution in [0.15, 0.2) is 54.6 Å². The predicted octanol–water partition coefficient (Wildman–Crippen LogP) is 2.44. The first-order valence-corrected chi connectivity index (χ1v) is 6.40. The molecule has 2 N–H and O–H groups in total. The Morgan fingerprint density at radius 2 is 1.60 bits per heavy atom. The summed E-state index contributed by atoms with van der Waals surface area (Å²) in [6.07, 6.45) is 0. The number of nitrogens with one attached hydrogen (secondary N) is 2. The van der Waals surface area contributed by atoms with Gasteiger partial charge in [-0.1, -0.05) is 42.5 Å². The van der Waals surface area contributed by atoms with Crippen LogP contribution in [-0.2, 0) is 0 Å². The fourth-order valence-electron chi connectivity index (χ4n) is 2.38. The Balaban J connectivity index is 1.99. The second kappa shape index (κ2) is 4.49. The largest absolute Gasteiger partial charge is 0.356 e. The molecule has 0 bridgehead atoms. The molecule has 4 nitrogen and oxygen atoms in total. The molecule has 0 spiro atoms. The minimum Gasteiger partial charge on any atom is -0.356 e. The van der Waals surface area contributed by atoms with Crippen molar-refractivity contribution in [3.63, 3.8) is 0 Å². The normalized spacial score (nSPS) is 20.6. The second-order valence-electron chi connectivity index (χ2n) is 4.94. The van der Waals surface area contributed by atoms with Gasteiger partial charge in [-0.3, -0.25) is 9.59 Å². The minimum atomic E-state index is -1.13. The lowest BCUT2D eigenvalue weighted by Crippen LogP contribution is -2.60. The summed E-state index contributed by atoms with van der Waals surface area (Å²) in [6.45, 7) is 1.68. The molecule has 1 aliphatic rings. The third kappa shape index (κ3) is 1.95. The van der Waals surface area contributed by atoms with Crippen LogP contribution in [0.2, 0.25) is 0 Å². The number of Topliss-reactive ketones (excluding diaryl/α,β-unsaturated/α-hetero) is 1. The molecular formula is C16H14N2O2. The molecular weight excluding hydrogens is 252 g/mol. The molecule has 1 atom stereocenters. The topological polar surface area (TPSA) is 58.2 Å². The summed E-state index contributed by atoms with van der Waals surface area (Å²) in [6, 6.07) is 16.1. The third-order valence-corrected chi connectivity index (χ3v) is 3.41. The molecule has 1 aliphatic heterocycles. The highest BCUT2D eigenvalue weighted by molar-refractivity contribution is 6.12. The number of benzene rings is 2. The maximum absolute atomic E-state index is 12.6. The maximum Gasteiger partial charge on any atom is 0.255 e. The molecule has 1 unspecified atom stereocenters. The Bertz CT molecular complexity index is 682. The van der Waals surface area contributed by atoms with Gasteiger partial charge in [-0.15, -0.1) is 0 Å². The smallest absolute Gasteiger partial charge is 0.255 e. The molecule has 100 valence electrons. The number of hydrogen-bond donors (Lipinski definition) is 2. The zero-order valence-corrected chi connectivity index (χ0v) is 11.0. The summed E-state index contributed by atoms with van der Waals surface area (Å²) < 4.78 is 0. The fraction of sp³-hybridized carbons (Fsp3) is 0.125. The number of hydrogen-bond acceptors (Lipinski definition) is 3. The summed E-state index contributed by atoms with van der Waals surface area (Å²) in [5.74, 6) is -0.410. The first kappa shape index (κ1) is 12.4. The number of rotatable bonds is 2. The number of para-hydroxylation sites is 1. The number of anilines is 1. The van der Waals surface area contributed by atoms with E-state index in [1.807, 2.05) is 12.1 Å². The van der Waals surface area contributed by atoms with Gasteiger partial charge in [-0.2, -0.15) is 0 Å². The molecule has 0 aliphatic carbocycles. The van der Waals surface area contributed by atoms with Crippen molar-refractivity contribution >= 4 is 17.4 Å². The average molecular weight is 266 g/mol. The van der Waals surface area contributed by atoms with E-state index < -0.39 is 5.66 Å². The van der Waals surface area contributed by atoms with E-state index in [9.17, 15) is 9.59 Å². The van der Waals surface area contributed by atoms with Crippen molar-refractivity contribution in [1.29, 1.82) is 0 Å². The van der Waals surface area contributed by atoms with E-state index in [0.717, 1.165) is 0 Å². The van der Waals surface area contributed by atoms with Crippen molar-refractivity contribution in [2.45, 2.75) is 12.6 Å². The van der Waals surface area contributed by atoms with Gasteiger partial charge in [-0.25, -0.2) is 0 Å². The summed E-state index contributed by atoms with van der Waals surface area (Å²) >= 11 is 0. The number of ketones is 1. The Morgan fingerprint density at radius 1 is 0.950 bits per heavy atom. The van der Waals surface area contributed by atoms with Crippen LogP contribution in [0.3, 0.4) is 0 Å². The van der Waals surface area contributed by atoms with E-state index >= 15 is 0 Å². The lowest BCUT2D eigenvalue weighted by atomic mass is 9.95. The summed E-state index contributed by atoms with van der Waals surface area (Å²) in [7, 11) is 0. The van der Waals surface area contributed by atoms with Crippen molar-refractivity contribution in [2.75, 3.05) is 5.32 Å². The van der Waals surface area contributed by atoms with E-state index in [1.54, 1.807) is 49.4 Å². The molecule has 1 amide bonds. The zero-order chi connectivity index (χ0) is 14.2. The van der Waals surface area contributed by atoms with Crippen molar-refractivity contribution < 1.29 is 9.59 Å². The zero-order valence-electron chi connectivity index (χ0n) is 11.0. The van der Waals surface area contributed by atoms with Crippen LogP contribution in [0.4, 0.5) is 5.69 Å². The number of carbonyl (C=O) groups is 2. The maximum atomic E-state index is 12.6. The second-order valence-corrected chi connectivity index (χ2v) is 4.94. The highest BCUT2D eigenvalue weighted by atomic mass is 16.2. The Morgan fingerprint density at radius 3 is 2.35 bits per heavy atom. The predicted molar refractivity (Wildman–Crippen MR) is 76.7 cm³/mol. The van der Waals surface area contributed by atoms with Gasteiger partial charge in [0.05, 0.1) is 5.56 Å². The molecule has 0 saturated carbocycles. The SMILES string of the molecule is CC1(C(=O)c2ccccc2)NC(=O)c2ccccc2N1. The van der Waals surface area contributed by atoms with Crippen LogP contribution >= 0.6 is 0 Å². The molecule has 0 radical (unpaired) electrons. The highest BCUT2D eigenvalue weighted by Crippen LogP contribution is 2.26. The van der Waals surface area contributed by atoms with Crippen LogP contribution in [0.5, 0.6) is 0 Å². The first-order chi connectivity index (χ1) is 9.60. The lowest BCUT2D eigenvalue weighted by Gasteiger charge is -2.36. The minimum absolute atomic E-state index is 0.166. The van der Waals surface area contributed by atoms with Crippen molar-refractivity contribution in [1.82, 2.24) is 5.32 Å². The molecule has 0 fully saturated rings. The van der Waals surface area contributed by atoms with Gasteiger partial charge in [0.25, 0.3) is 5.91 Å². The molecule has 1 heterocycles. The number of amides is 1. The fourth-order valence-corrected chi connectivity index (χ4v) is 2.38. The van der Waals surface area contributed by atoms with Gasteiger partial charge in [0.15, 0.2) is 5.66 Å². The monoisotopic (exact) mass is 266 g/mol. The van der Waals surface area contributed by atoms with Gasteiger partial charge < -0.3 is 10.6 Å². The molecule has 0 saturated heterocycles. The van der Waals surface area contributed by atoms with Gasteiger partial charge in [0.2, 0.25) is 5.78 Å². The van der Waals surface area contributed by atoms with Gasteiger partial charge in [0.1, 0.15) is 0 Å². The molecule has 4 heteroatoms. The standard InChI is InChI=1S/C16H14N2O2/c1-16(14(19)11-7-3-2-4-8-11)17-13-10-6-5-9-12(13)15(20)18-16/h2-10,17H,1H3,(H,18,20). The Kier molecular flexibility index (Phi) is 2.79. The lowest BCUT2D eigenvalue weighted by molar-refractivity contribution is 0.0796. The molecule has 2 aromatic carbocycles. The quantitative estimate of drug-likeness (QED) is 0.821. The van der Waals surface area contributed by atoms with Gasteiger partial charge >= 0.3 is 0 Å². The number of fused-ring (bicyclic) bond motifs is 1. The Labute approximate surface area is 116 Å². The average Bonchev–Trinajstić information content (AvgIpc) is 2.47. The summed E-state index contributed by atoms with van der Waals surface area (Å²) in [4.78, 5) is 24.7. The van der Waals surface area contributed by atoms with Gasteiger partial charge in [-0.05, 0) is 19.1 Å². The van der Waals surface area contributed by atoms with Crippen LogP contribution in [0, 0.1) is 0 Å². The summed E-state index contributed by atoms with van der Waals surface area (Å²) in [5, 5.41) is 5.87. The van der Waals surface area contributed by atoms with Crippen LogP contribution in [0.25, 0.3) is 0 Å². The molecule has 20 heavy (non-hydrogen) atoms. The molecule has 2 aromatic rings. The third-order valence-electron chi connectivity index (χ3n) is 3.41. The van der Waals surface area contributed by atoms with Crippen LogP contribution in [-0.4, -0.2) is 17.4 Å². The van der Waals surface area contributed by atoms with Gasteiger partial charge in [0, 0.05) is 11.3 Å². The van der Waals surface area contributed by atoms with Crippen molar-refractivity contribution in [2.24, 2.45) is 0 Å². The first-order valence-electron chi connectivity index (χ1n) is 6.40. The van der Waals surface area contributed by atoms with E-state index in [-0.39, 0.29) is 11.7 Å². The van der Waals surface area contributed by atoms with Crippen molar-refractivity contribution in [3.05, 3.63) is 65.7 Å². The highest BCUT2D eigenvalue weighted by Gasteiger charge is 2.39. The number of carbonyl (C=O) groups excluding carboxylic acids is 2.